The summed E-state index contributed by atoms with van der Waals surface area (Å²) in [7, 11) is 0. The SMILES string of the molecule is O=C(Nc1ccc(Br)cc1)N1CCCC[C@H]1c1ncc[nH]1. The fourth-order valence-corrected chi connectivity index (χ4v) is 2.91. The van der Waals surface area contributed by atoms with E-state index in [-0.39, 0.29) is 12.1 Å². The molecule has 0 spiro atoms. The lowest BCUT2D eigenvalue weighted by Gasteiger charge is -2.34. The summed E-state index contributed by atoms with van der Waals surface area (Å²) in [6.45, 7) is 0.758. The van der Waals surface area contributed by atoms with Gasteiger partial charge in [0.15, 0.2) is 0 Å². The molecule has 0 aliphatic carbocycles. The van der Waals surface area contributed by atoms with Gasteiger partial charge in [0, 0.05) is 29.1 Å². The fourth-order valence-electron chi connectivity index (χ4n) is 2.65. The van der Waals surface area contributed by atoms with E-state index < -0.39 is 0 Å². The Morgan fingerprint density at radius 2 is 2.14 bits per heavy atom. The molecule has 5 nitrogen and oxygen atoms in total. The summed E-state index contributed by atoms with van der Waals surface area (Å²) in [5.41, 5.74) is 0.798. The van der Waals surface area contributed by atoms with E-state index in [4.69, 9.17) is 0 Å². The van der Waals surface area contributed by atoms with Crippen LogP contribution in [0, 0.1) is 0 Å². The number of hydrogen-bond acceptors (Lipinski definition) is 2. The lowest BCUT2D eigenvalue weighted by molar-refractivity contribution is 0.160. The minimum absolute atomic E-state index is 0.0317. The monoisotopic (exact) mass is 348 g/mol. The summed E-state index contributed by atoms with van der Waals surface area (Å²) in [5, 5.41) is 2.96. The summed E-state index contributed by atoms with van der Waals surface area (Å²) >= 11 is 3.39. The van der Waals surface area contributed by atoms with Gasteiger partial charge in [0.05, 0.1) is 6.04 Å². The number of amides is 2. The molecular weight excluding hydrogens is 332 g/mol. The number of anilines is 1. The third-order valence-electron chi connectivity index (χ3n) is 3.69. The van der Waals surface area contributed by atoms with Gasteiger partial charge in [-0.05, 0) is 43.5 Å². The molecule has 6 heteroatoms. The second kappa shape index (κ2) is 6.30. The Hall–Kier alpha value is -1.82. The molecular formula is C15H17BrN4O. The van der Waals surface area contributed by atoms with Crippen molar-refractivity contribution in [1.29, 1.82) is 0 Å². The van der Waals surface area contributed by atoms with Gasteiger partial charge in [-0.2, -0.15) is 0 Å². The summed E-state index contributed by atoms with van der Waals surface area (Å²) in [4.78, 5) is 21.8. The van der Waals surface area contributed by atoms with E-state index in [9.17, 15) is 4.79 Å². The third kappa shape index (κ3) is 3.26. The van der Waals surface area contributed by atoms with E-state index in [0.29, 0.717) is 0 Å². The normalized spacial score (nSPS) is 18.5. The van der Waals surface area contributed by atoms with E-state index in [1.807, 2.05) is 29.2 Å². The van der Waals surface area contributed by atoms with Crippen LogP contribution in [0.5, 0.6) is 0 Å². The van der Waals surface area contributed by atoms with Gasteiger partial charge in [-0.1, -0.05) is 15.9 Å². The first-order valence-electron chi connectivity index (χ1n) is 7.06. The molecule has 1 aromatic heterocycles. The maximum Gasteiger partial charge on any atom is 0.322 e. The van der Waals surface area contributed by atoms with Crippen molar-refractivity contribution in [1.82, 2.24) is 14.9 Å². The Labute approximate surface area is 131 Å². The lowest BCUT2D eigenvalue weighted by atomic mass is 10.0. The Balaban J connectivity index is 1.73. The topological polar surface area (TPSA) is 61.0 Å². The number of hydrogen-bond donors (Lipinski definition) is 2. The predicted octanol–water partition coefficient (Wildman–Crippen LogP) is 3.93. The van der Waals surface area contributed by atoms with Crippen LogP contribution in [0.2, 0.25) is 0 Å². The highest BCUT2D eigenvalue weighted by Gasteiger charge is 2.29. The van der Waals surface area contributed by atoms with Gasteiger partial charge in [0.2, 0.25) is 0 Å². The number of halogens is 1. The first-order chi connectivity index (χ1) is 10.2. The van der Waals surface area contributed by atoms with Crippen LogP contribution >= 0.6 is 15.9 Å². The molecule has 21 heavy (non-hydrogen) atoms. The minimum Gasteiger partial charge on any atom is -0.347 e. The van der Waals surface area contributed by atoms with Crippen molar-refractivity contribution in [2.24, 2.45) is 0 Å². The summed E-state index contributed by atoms with van der Waals surface area (Å²) in [6, 6.07) is 7.55. The number of aromatic nitrogens is 2. The molecule has 1 aromatic carbocycles. The molecule has 2 amide bonds. The molecule has 0 saturated carbocycles. The zero-order chi connectivity index (χ0) is 14.7. The Morgan fingerprint density at radius 1 is 1.33 bits per heavy atom. The number of H-pyrrole nitrogens is 1. The number of urea groups is 1. The molecule has 1 fully saturated rings. The number of rotatable bonds is 2. The largest absolute Gasteiger partial charge is 0.347 e. The number of piperidine rings is 1. The van der Waals surface area contributed by atoms with Gasteiger partial charge >= 0.3 is 6.03 Å². The van der Waals surface area contributed by atoms with Crippen LogP contribution in [0.3, 0.4) is 0 Å². The molecule has 2 aromatic rings. The number of nitrogens with one attached hydrogen (secondary N) is 2. The fraction of sp³-hybridized carbons (Fsp3) is 0.333. The van der Waals surface area contributed by atoms with Gasteiger partial charge in [0.25, 0.3) is 0 Å². The summed E-state index contributed by atoms with van der Waals surface area (Å²) < 4.78 is 0.993. The van der Waals surface area contributed by atoms with E-state index >= 15 is 0 Å². The van der Waals surface area contributed by atoms with Crippen LogP contribution in [-0.2, 0) is 0 Å². The number of aromatic amines is 1. The standard InChI is InChI=1S/C15H17BrN4O/c16-11-4-6-12(7-5-11)19-15(21)20-10-2-1-3-13(20)14-17-8-9-18-14/h4-9,13H,1-3,10H2,(H,17,18)(H,19,21)/t13-/m0/s1. The zero-order valence-corrected chi connectivity index (χ0v) is 13.1. The van der Waals surface area contributed by atoms with Crippen molar-refractivity contribution in [3.63, 3.8) is 0 Å². The average molecular weight is 349 g/mol. The maximum atomic E-state index is 12.5. The number of benzene rings is 1. The molecule has 0 radical (unpaired) electrons. The van der Waals surface area contributed by atoms with Crippen LogP contribution in [0.4, 0.5) is 10.5 Å². The predicted molar refractivity (Wildman–Crippen MR) is 85.0 cm³/mol. The number of carbonyl (C=O) groups excluding carboxylic acids is 1. The van der Waals surface area contributed by atoms with Crippen LogP contribution < -0.4 is 5.32 Å². The lowest BCUT2D eigenvalue weighted by Crippen LogP contribution is -2.41. The highest BCUT2D eigenvalue weighted by Crippen LogP contribution is 2.29. The van der Waals surface area contributed by atoms with Crippen LogP contribution in [0.25, 0.3) is 0 Å². The van der Waals surface area contributed by atoms with Gasteiger partial charge in [-0.3, -0.25) is 0 Å². The first kappa shape index (κ1) is 14.1. The average Bonchev–Trinajstić information content (AvgIpc) is 3.04. The molecule has 2 N–H and O–H groups in total. The molecule has 1 aliphatic rings. The number of carbonyl (C=O) groups is 1. The van der Waals surface area contributed by atoms with Crippen molar-refractivity contribution < 1.29 is 4.79 Å². The van der Waals surface area contributed by atoms with Crippen molar-refractivity contribution in [2.45, 2.75) is 25.3 Å². The number of imidazole rings is 1. The van der Waals surface area contributed by atoms with Gasteiger partial charge in [0.1, 0.15) is 5.82 Å². The van der Waals surface area contributed by atoms with E-state index in [0.717, 1.165) is 41.8 Å². The summed E-state index contributed by atoms with van der Waals surface area (Å²) in [6.07, 6.45) is 6.63. The summed E-state index contributed by atoms with van der Waals surface area (Å²) in [5.74, 6) is 0.862. The molecule has 1 atom stereocenters. The third-order valence-corrected chi connectivity index (χ3v) is 4.22. The second-order valence-corrected chi connectivity index (χ2v) is 6.03. The van der Waals surface area contributed by atoms with Crippen LogP contribution in [-0.4, -0.2) is 27.4 Å². The van der Waals surface area contributed by atoms with Gasteiger partial charge in [-0.15, -0.1) is 0 Å². The van der Waals surface area contributed by atoms with Crippen molar-refractivity contribution >= 4 is 27.6 Å². The van der Waals surface area contributed by atoms with Crippen molar-refractivity contribution in [3.05, 3.63) is 47.0 Å². The maximum absolute atomic E-state index is 12.5. The van der Waals surface area contributed by atoms with E-state index in [1.165, 1.54) is 0 Å². The number of likely N-dealkylation sites (tertiary alicyclic amines) is 1. The van der Waals surface area contributed by atoms with Crippen LogP contribution in [0.15, 0.2) is 41.1 Å². The Kier molecular flexibility index (Phi) is 4.24. The smallest absolute Gasteiger partial charge is 0.322 e. The van der Waals surface area contributed by atoms with E-state index in [1.54, 1.807) is 12.4 Å². The van der Waals surface area contributed by atoms with E-state index in [2.05, 4.69) is 31.2 Å². The molecule has 0 unspecified atom stereocenters. The molecule has 1 aliphatic heterocycles. The number of nitrogens with zero attached hydrogens (tertiary/aromatic N) is 2. The van der Waals surface area contributed by atoms with Crippen molar-refractivity contribution in [2.75, 3.05) is 11.9 Å². The molecule has 3 rings (SSSR count). The molecule has 1 saturated heterocycles. The van der Waals surface area contributed by atoms with Gasteiger partial charge in [-0.25, -0.2) is 9.78 Å². The Morgan fingerprint density at radius 3 is 2.86 bits per heavy atom. The van der Waals surface area contributed by atoms with Crippen LogP contribution in [0.1, 0.15) is 31.1 Å². The first-order valence-corrected chi connectivity index (χ1v) is 7.86. The minimum atomic E-state index is -0.0709. The van der Waals surface area contributed by atoms with Crippen molar-refractivity contribution in [3.8, 4) is 0 Å². The highest BCUT2D eigenvalue weighted by atomic mass is 79.9. The van der Waals surface area contributed by atoms with Gasteiger partial charge < -0.3 is 15.2 Å². The zero-order valence-electron chi connectivity index (χ0n) is 11.6. The Bertz CT molecular complexity index is 597. The second-order valence-electron chi connectivity index (χ2n) is 5.12. The molecule has 0 bridgehead atoms. The quantitative estimate of drug-likeness (QED) is 0.863. The molecule has 2 heterocycles. The molecule has 110 valence electrons. The highest BCUT2D eigenvalue weighted by molar-refractivity contribution is 9.10.